The molecule has 2 amide bonds. The zero-order valence-corrected chi connectivity index (χ0v) is 19.0. The molecule has 1 heterocycles. The van der Waals surface area contributed by atoms with Crippen LogP contribution in [-0.2, 0) is 0 Å². The molecule has 0 aliphatic rings. The van der Waals surface area contributed by atoms with Crippen LogP contribution in [0.25, 0.3) is 0 Å². The molecular formula is C24H25N3O4S. The van der Waals surface area contributed by atoms with Gasteiger partial charge in [0.05, 0.1) is 30.2 Å². The molecule has 0 saturated heterocycles. The summed E-state index contributed by atoms with van der Waals surface area (Å²) in [5.41, 5.74) is 1.87. The average Bonchev–Trinajstić information content (AvgIpc) is 2.82. The fourth-order valence-electron chi connectivity index (χ4n) is 3.01. The van der Waals surface area contributed by atoms with Crippen molar-refractivity contribution in [2.75, 3.05) is 30.1 Å². The fraction of sp³-hybridized carbons (Fsp3) is 0.208. The van der Waals surface area contributed by atoms with E-state index in [1.807, 2.05) is 26.2 Å². The predicted molar refractivity (Wildman–Crippen MR) is 127 cm³/mol. The number of hydrogen-bond acceptors (Lipinski definition) is 6. The Balaban J connectivity index is 1.95. The molecule has 0 aliphatic heterocycles. The molecule has 3 aromatic rings. The maximum Gasteiger partial charge on any atom is 0.258 e. The standard InChI is InChI=1S/C24H25N3O4S/c1-4-30-20-15-19(27-23(29)17-12-9-13-25-24(17)32-3)21(31-5-2)14-18(20)26-22(28)16-10-7-6-8-11-16/h6-15H,4-5H2,1-3H3,(H,26,28)(H,27,29). The Bertz CT molecular complexity index is 1090. The highest BCUT2D eigenvalue weighted by atomic mass is 32.2. The van der Waals surface area contributed by atoms with E-state index in [-0.39, 0.29) is 11.8 Å². The molecule has 7 nitrogen and oxygen atoms in total. The Labute approximate surface area is 191 Å². The lowest BCUT2D eigenvalue weighted by Crippen LogP contribution is -2.16. The Morgan fingerprint density at radius 1 is 0.875 bits per heavy atom. The lowest BCUT2D eigenvalue weighted by Gasteiger charge is -2.18. The molecule has 0 radical (unpaired) electrons. The van der Waals surface area contributed by atoms with Gasteiger partial charge in [-0.05, 0) is 44.4 Å². The second kappa shape index (κ2) is 11.2. The number of nitrogens with one attached hydrogen (secondary N) is 2. The van der Waals surface area contributed by atoms with Crippen LogP contribution in [0.2, 0.25) is 0 Å². The number of pyridine rings is 1. The van der Waals surface area contributed by atoms with Gasteiger partial charge in [0.25, 0.3) is 11.8 Å². The molecule has 0 atom stereocenters. The number of carbonyl (C=O) groups excluding carboxylic acids is 2. The molecule has 0 spiro atoms. The SMILES string of the molecule is CCOc1cc(NC(=O)c2cccnc2SC)c(OCC)cc1NC(=O)c1ccccc1. The van der Waals surface area contributed by atoms with Crippen molar-refractivity contribution in [3.05, 3.63) is 71.9 Å². The third kappa shape index (κ3) is 5.59. The second-order valence-corrected chi connectivity index (χ2v) is 7.34. The minimum Gasteiger partial charge on any atom is -0.492 e. The van der Waals surface area contributed by atoms with E-state index < -0.39 is 0 Å². The summed E-state index contributed by atoms with van der Waals surface area (Å²) in [4.78, 5) is 29.8. The Morgan fingerprint density at radius 3 is 2.03 bits per heavy atom. The summed E-state index contributed by atoms with van der Waals surface area (Å²) in [6, 6.07) is 15.6. The molecule has 0 saturated carbocycles. The highest BCUT2D eigenvalue weighted by Gasteiger charge is 2.19. The molecule has 0 unspecified atom stereocenters. The molecule has 2 N–H and O–H groups in total. The Hall–Kier alpha value is -3.52. The maximum absolute atomic E-state index is 12.9. The van der Waals surface area contributed by atoms with Gasteiger partial charge in [-0.3, -0.25) is 9.59 Å². The summed E-state index contributed by atoms with van der Waals surface area (Å²) in [6.45, 7) is 4.45. The largest absolute Gasteiger partial charge is 0.492 e. The van der Waals surface area contributed by atoms with Gasteiger partial charge >= 0.3 is 0 Å². The van der Waals surface area contributed by atoms with Crippen LogP contribution in [0.4, 0.5) is 11.4 Å². The van der Waals surface area contributed by atoms with Crippen LogP contribution >= 0.6 is 11.8 Å². The zero-order chi connectivity index (χ0) is 22.9. The van der Waals surface area contributed by atoms with Crippen molar-refractivity contribution in [3.8, 4) is 11.5 Å². The average molecular weight is 452 g/mol. The van der Waals surface area contributed by atoms with Gasteiger partial charge in [0.2, 0.25) is 0 Å². The van der Waals surface area contributed by atoms with E-state index in [1.54, 1.807) is 54.7 Å². The van der Waals surface area contributed by atoms with Crippen molar-refractivity contribution >= 4 is 35.0 Å². The number of ether oxygens (including phenoxy) is 2. The number of anilines is 2. The van der Waals surface area contributed by atoms with Crippen LogP contribution in [0.1, 0.15) is 34.6 Å². The van der Waals surface area contributed by atoms with Crippen molar-refractivity contribution in [2.24, 2.45) is 0 Å². The summed E-state index contributed by atoms with van der Waals surface area (Å²) in [5, 5.41) is 6.38. The van der Waals surface area contributed by atoms with Gasteiger partial charge in [0.1, 0.15) is 16.5 Å². The Kier molecular flexibility index (Phi) is 8.10. The number of carbonyl (C=O) groups is 2. The first-order chi connectivity index (χ1) is 15.6. The van der Waals surface area contributed by atoms with E-state index in [4.69, 9.17) is 9.47 Å². The van der Waals surface area contributed by atoms with Crippen LogP contribution in [0.5, 0.6) is 11.5 Å². The third-order valence-electron chi connectivity index (χ3n) is 4.42. The number of aromatic nitrogens is 1. The molecule has 0 bridgehead atoms. The minimum atomic E-state index is -0.313. The highest BCUT2D eigenvalue weighted by molar-refractivity contribution is 7.98. The van der Waals surface area contributed by atoms with E-state index in [1.165, 1.54) is 11.8 Å². The summed E-state index contributed by atoms with van der Waals surface area (Å²) in [7, 11) is 0. The zero-order valence-electron chi connectivity index (χ0n) is 18.2. The van der Waals surface area contributed by atoms with E-state index in [0.29, 0.717) is 52.2 Å². The molecule has 0 fully saturated rings. The number of rotatable bonds is 9. The van der Waals surface area contributed by atoms with Crippen LogP contribution in [-0.4, -0.2) is 36.3 Å². The monoisotopic (exact) mass is 451 g/mol. The van der Waals surface area contributed by atoms with E-state index in [0.717, 1.165) is 0 Å². The quantitative estimate of drug-likeness (QED) is 0.440. The second-order valence-electron chi connectivity index (χ2n) is 6.55. The van der Waals surface area contributed by atoms with Gasteiger partial charge in [-0.15, -0.1) is 11.8 Å². The molecular weight excluding hydrogens is 426 g/mol. The molecule has 32 heavy (non-hydrogen) atoms. The van der Waals surface area contributed by atoms with Gasteiger partial charge < -0.3 is 20.1 Å². The lowest BCUT2D eigenvalue weighted by molar-refractivity contribution is 0.101. The first-order valence-corrected chi connectivity index (χ1v) is 11.4. The number of benzene rings is 2. The van der Waals surface area contributed by atoms with Crippen LogP contribution in [0.15, 0.2) is 65.8 Å². The van der Waals surface area contributed by atoms with E-state index in [2.05, 4.69) is 15.6 Å². The molecule has 1 aromatic heterocycles. The number of thioether (sulfide) groups is 1. The number of hydrogen-bond donors (Lipinski definition) is 2. The van der Waals surface area contributed by atoms with Crippen molar-refractivity contribution in [1.29, 1.82) is 0 Å². The van der Waals surface area contributed by atoms with Gasteiger partial charge in [0.15, 0.2) is 0 Å². The van der Waals surface area contributed by atoms with Crippen LogP contribution in [0, 0.1) is 0 Å². The number of amides is 2. The first kappa shape index (κ1) is 23.1. The van der Waals surface area contributed by atoms with Crippen LogP contribution in [0.3, 0.4) is 0 Å². The lowest BCUT2D eigenvalue weighted by atomic mass is 10.2. The topological polar surface area (TPSA) is 89.6 Å². The first-order valence-electron chi connectivity index (χ1n) is 10.2. The van der Waals surface area contributed by atoms with Gasteiger partial charge in [-0.1, -0.05) is 18.2 Å². The highest BCUT2D eigenvalue weighted by Crippen LogP contribution is 2.37. The molecule has 8 heteroatoms. The van der Waals surface area contributed by atoms with Gasteiger partial charge in [-0.2, -0.15) is 0 Å². The van der Waals surface area contributed by atoms with E-state index in [9.17, 15) is 9.59 Å². The maximum atomic E-state index is 12.9. The predicted octanol–water partition coefficient (Wildman–Crippen LogP) is 5.11. The number of nitrogens with zero attached hydrogens (tertiary/aromatic N) is 1. The summed E-state index contributed by atoms with van der Waals surface area (Å²) in [5.74, 6) is 0.256. The summed E-state index contributed by atoms with van der Waals surface area (Å²) in [6.07, 6.45) is 3.51. The smallest absolute Gasteiger partial charge is 0.258 e. The van der Waals surface area contributed by atoms with E-state index >= 15 is 0 Å². The summed E-state index contributed by atoms with van der Waals surface area (Å²) < 4.78 is 11.5. The van der Waals surface area contributed by atoms with Crippen molar-refractivity contribution in [2.45, 2.75) is 18.9 Å². The molecule has 3 rings (SSSR count). The fourth-order valence-corrected chi connectivity index (χ4v) is 3.55. The van der Waals surface area contributed by atoms with Crippen LogP contribution < -0.4 is 20.1 Å². The Morgan fingerprint density at radius 2 is 1.47 bits per heavy atom. The van der Waals surface area contributed by atoms with Crippen molar-refractivity contribution in [3.63, 3.8) is 0 Å². The normalized spacial score (nSPS) is 10.3. The van der Waals surface area contributed by atoms with Gasteiger partial charge in [-0.25, -0.2) is 4.98 Å². The third-order valence-corrected chi connectivity index (χ3v) is 5.13. The van der Waals surface area contributed by atoms with Gasteiger partial charge in [0, 0.05) is 23.9 Å². The molecule has 0 aliphatic carbocycles. The summed E-state index contributed by atoms with van der Waals surface area (Å²) >= 11 is 1.39. The molecule has 166 valence electrons. The molecule has 2 aromatic carbocycles. The minimum absolute atomic E-state index is 0.272. The van der Waals surface area contributed by atoms with Crippen molar-refractivity contribution < 1.29 is 19.1 Å². The van der Waals surface area contributed by atoms with Crippen molar-refractivity contribution in [1.82, 2.24) is 4.98 Å².